The third-order valence-corrected chi connectivity index (χ3v) is 5.87. The lowest BCUT2D eigenvalue weighted by Crippen LogP contribution is -2.32. The van der Waals surface area contributed by atoms with Gasteiger partial charge in [-0.2, -0.15) is 9.78 Å². The normalized spacial score (nSPS) is 11.8. The molecule has 0 aliphatic carbocycles. The van der Waals surface area contributed by atoms with E-state index in [9.17, 15) is 14.0 Å². The van der Waals surface area contributed by atoms with E-state index < -0.39 is 17.3 Å². The first kappa shape index (κ1) is 20.7. The van der Waals surface area contributed by atoms with Crippen LogP contribution in [0.3, 0.4) is 0 Å². The second-order valence-corrected chi connectivity index (χ2v) is 7.94. The van der Waals surface area contributed by atoms with Gasteiger partial charge in [-0.15, -0.1) is 11.3 Å². The lowest BCUT2D eigenvalue weighted by Gasteiger charge is -2.18. The second-order valence-electron chi connectivity index (χ2n) is 6.96. The Hall–Kier alpha value is -3.58. The Kier molecular flexibility index (Phi) is 6.04. The highest BCUT2D eigenvalue weighted by molar-refractivity contribution is 7.10. The van der Waals surface area contributed by atoms with Crippen LogP contribution in [-0.2, 0) is 6.42 Å². The number of hydrogen-bond donors (Lipinski definition) is 1. The van der Waals surface area contributed by atoms with Crippen molar-refractivity contribution < 1.29 is 9.18 Å². The quantitative estimate of drug-likeness (QED) is 0.486. The van der Waals surface area contributed by atoms with E-state index in [1.54, 1.807) is 11.3 Å². The van der Waals surface area contributed by atoms with Crippen LogP contribution in [0.15, 0.2) is 83.0 Å². The first-order chi connectivity index (χ1) is 15.0. The van der Waals surface area contributed by atoms with Gasteiger partial charge in [0, 0.05) is 10.9 Å². The Labute approximate surface area is 182 Å². The molecule has 1 N–H and O–H groups in total. The molecule has 2 aromatic carbocycles. The number of rotatable bonds is 6. The zero-order valence-electron chi connectivity index (χ0n) is 16.8. The molecule has 0 saturated heterocycles. The summed E-state index contributed by atoms with van der Waals surface area (Å²) in [5.74, 6) is -0.826. The fraction of sp³-hybridized carbons (Fsp3) is 0.125. The molecule has 0 bridgehead atoms. The summed E-state index contributed by atoms with van der Waals surface area (Å²) < 4.78 is 14.3. The van der Waals surface area contributed by atoms with Crippen LogP contribution in [0.4, 0.5) is 4.39 Å². The lowest BCUT2D eigenvalue weighted by molar-refractivity contribution is 0.0936. The molecular formula is C24H20FN3O2S. The maximum Gasteiger partial charge on any atom is 0.272 e. The fourth-order valence-electron chi connectivity index (χ4n) is 3.22. The summed E-state index contributed by atoms with van der Waals surface area (Å²) in [5, 5.41) is 9.19. The SMILES string of the molecule is CCc1ccc(C(NC(=O)c2ccc(=O)n(-c3ccc(F)cc3)n2)c2cccs2)cc1. The minimum atomic E-state index is -0.418. The number of amides is 1. The fourth-order valence-corrected chi connectivity index (χ4v) is 4.03. The van der Waals surface area contributed by atoms with Gasteiger partial charge in [0.25, 0.3) is 11.5 Å². The summed E-state index contributed by atoms with van der Waals surface area (Å²) in [5.41, 5.74) is 2.24. The predicted octanol–water partition coefficient (Wildman–Crippen LogP) is 4.51. The summed E-state index contributed by atoms with van der Waals surface area (Å²) in [6, 6.07) is 19.7. The molecular weight excluding hydrogens is 413 g/mol. The Balaban J connectivity index is 1.65. The number of halogens is 1. The summed E-state index contributed by atoms with van der Waals surface area (Å²) >= 11 is 1.55. The van der Waals surface area contributed by atoms with Crippen molar-refractivity contribution in [2.75, 3.05) is 0 Å². The summed E-state index contributed by atoms with van der Waals surface area (Å²) in [6.07, 6.45) is 0.936. The van der Waals surface area contributed by atoms with E-state index in [2.05, 4.69) is 29.5 Å². The molecule has 1 amide bonds. The van der Waals surface area contributed by atoms with Gasteiger partial charge < -0.3 is 5.32 Å². The second kappa shape index (κ2) is 9.06. The van der Waals surface area contributed by atoms with Crippen LogP contribution < -0.4 is 10.9 Å². The van der Waals surface area contributed by atoms with Crippen LogP contribution in [0, 0.1) is 5.82 Å². The zero-order valence-corrected chi connectivity index (χ0v) is 17.6. The van der Waals surface area contributed by atoms with Gasteiger partial charge in [0.05, 0.1) is 11.7 Å². The number of thiophene rings is 1. The van der Waals surface area contributed by atoms with Crippen molar-refractivity contribution in [3.63, 3.8) is 0 Å². The standard InChI is InChI=1S/C24H20FN3O2S/c1-2-16-5-7-17(8-6-16)23(21-4-3-15-31-21)26-24(30)20-13-14-22(29)28(27-20)19-11-9-18(25)10-12-19/h3-15,23H,2H2,1H3,(H,26,30). The van der Waals surface area contributed by atoms with E-state index in [1.165, 1.54) is 42.0 Å². The molecule has 31 heavy (non-hydrogen) atoms. The molecule has 2 heterocycles. The molecule has 2 aromatic heterocycles. The zero-order chi connectivity index (χ0) is 21.8. The molecule has 1 atom stereocenters. The van der Waals surface area contributed by atoms with E-state index in [-0.39, 0.29) is 11.7 Å². The Morgan fingerprint density at radius 2 is 1.81 bits per heavy atom. The van der Waals surface area contributed by atoms with Gasteiger partial charge in [-0.25, -0.2) is 4.39 Å². The molecule has 0 spiro atoms. The highest BCUT2D eigenvalue weighted by Crippen LogP contribution is 2.26. The molecule has 0 fully saturated rings. The van der Waals surface area contributed by atoms with Crippen molar-refractivity contribution >= 4 is 17.2 Å². The number of aromatic nitrogens is 2. The lowest BCUT2D eigenvalue weighted by atomic mass is 10.0. The van der Waals surface area contributed by atoms with Gasteiger partial charge in [-0.3, -0.25) is 9.59 Å². The highest BCUT2D eigenvalue weighted by Gasteiger charge is 2.20. The van der Waals surface area contributed by atoms with Crippen molar-refractivity contribution in [2.24, 2.45) is 0 Å². The molecule has 5 nitrogen and oxygen atoms in total. The first-order valence-corrected chi connectivity index (χ1v) is 10.7. The van der Waals surface area contributed by atoms with E-state index >= 15 is 0 Å². The van der Waals surface area contributed by atoms with Crippen molar-refractivity contribution in [2.45, 2.75) is 19.4 Å². The third kappa shape index (κ3) is 4.62. The minimum absolute atomic E-state index is 0.0932. The molecule has 7 heteroatoms. The largest absolute Gasteiger partial charge is 0.339 e. The maximum absolute atomic E-state index is 13.2. The van der Waals surface area contributed by atoms with Crippen molar-refractivity contribution in [1.82, 2.24) is 15.1 Å². The van der Waals surface area contributed by atoms with Gasteiger partial charge in [0.2, 0.25) is 0 Å². The Bertz CT molecular complexity index is 1230. The van der Waals surface area contributed by atoms with Gasteiger partial charge in [-0.1, -0.05) is 37.3 Å². The van der Waals surface area contributed by atoms with Crippen LogP contribution in [-0.4, -0.2) is 15.7 Å². The number of carbonyl (C=O) groups is 1. The molecule has 4 aromatic rings. The van der Waals surface area contributed by atoms with Crippen LogP contribution in [0.2, 0.25) is 0 Å². The van der Waals surface area contributed by atoms with Crippen molar-refractivity contribution in [3.05, 3.63) is 116 Å². The van der Waals surface area contributed by atoms with Gasteiger partial charge in [0.15, 0.2) is 0 Å². The summed E-state index contributed by atoms with van der Waals surface area (Å²) in [4.78, 5) is 26.3. The number of aryl methyl sites for hydroxylation is 1. The molecule has 0 aliphatic rings. The molecule has 1 unspecified atom stereocenters. The highest BCUT2D eigenvalue weighted by atomic mass is 32.1. The summed E-state index contributed by atoms with van der Waals surface area (Å²) in [7, 11) is 0. The molecule has 0 aliphatic heterocycles. The number of hydrogen-bond acceptors (Lipinski definition) is 4. The molecule has 4 rings (SSSR count). The monoisotopic (exact) mass is 433 g/mol. The number of nitrogens with one attached hydrogen (secondary N) is 1. The summed E-state index contributed by atoms with van der Waals surface area (Å²) in [6.45, 7) is 2.09. The van der Waals surface area contributed by atoms with Crippen LogP contribution >= 0.6 is 11.3 Å². The predicted molar refractivity (Wildman–Crippen MR) is 119 cm³/mol. The van der Waals surface area contributed by atoms with E-state index in [0.29, 0.717) is 5.69 Å². The van der Waals surface area contributed by atoms with E-state index in [0.717, 1.165) is 21.5 Å². The molecule has 0 radical (unpaired) electrons. The van der Waals surface area contributed by atoms with Crippen molar-refractivity contribution in [1.29, 1.82) is 0 Å². The van der Waals surface area contributed by atoms with Gasteiger partial charge in [0.1, 0.15) is 11.5 Å². The van der Waals surface area contributed by atoms with Gasteiger partial charge >= 0.3 is 0 Å². The third-order valence-electron chi connectivity index (χ3n) is 4.93. The average Bonchev–Trinajstić information content (AvgIpc) is 3.33. The number of benzene rings is 2. The van der Waals surface area contributed by atoms with Crippen LogP contribution in [0.1, 0.15) is 39.5 Å². The number of carbonyl (C=O) groups excluding carboxylic acids is 1. The molecule has 0 saturated carbocycles. The maximum atomic E-state index is 13.2. The Morgan fingerprint density at radius 1 is 1.06 bits per heavy atom. The van der Waals surface area contributed by atoms with Crippen LogP contribution in [0.25, 0.3) is 5.69 Å². The van der Waals surface area contributed by atoms with Crippen LogP contribution in [0.5, 0.6) is 0 Å². The first-order valence-electron chi connectivity index (χ1n) is 9.84. The van der Waals surface area contributed by atoms with E-state index in [1.807, 2.05) is 29.6 Å². The minimum Gasteiger partial charge on any atom is -0.339 e. The Morgan fingerprint density at radius 3 is 2.45 bits per heavy atom. The van der Waals surface area contributed by atoms with Crippen molar-refractivity contribution in [3.8, 4) is 5.69 Å². The van der Waals surface area contributed by atoms with Gasteiger partial charge in [-0.05, 0) is 59.3 Å². The number of nitrogens with zero attached hydrogens (tertiary/aromatic N) is 2. The smallest absolute Gasteiger partial charge is 0.272 e. The van der Waals surface area contributed by atoms with E-state index in [4.69, 9.17) is 0 Å². The molecule has 156 valence electrons. The average molecular weight is 434 g/mol. The topological polar surface area (TPSA) is 64.0 Å².